The molecule has 0 radical (unpaired) electrons. The second-order valence-corrected chi connectivity index (χ2v) is 12.1. The molecule has 218 valence electrons. The second-order valence-electron chi connectivity index (χ2n) is 9.76. The van der Waals surface area contributed by atoms with Crippen LogP contribution in [0.15, 0.2) is 78.2 Å². The quantitative estimate of drug-likeness (QED) is 0.272. The van der Waals surface area contributed by atoms with Crippen molar-refractivity contribution in [3.05, 3.63) is 78.3 Å². The van der Waals surface area contributed by atoms with Crippen molar-refractivity contribution in [2.45, 2.75) is 29.8 Å². The van der Waals surface area contributed by atoms with E-state index in [4.69, 9.17) is 21.1 Å². The molecular formula is C29H28ClN5O6S. The number of methoxy groups -OCH3 is 2. The Kier molecular flexibility index (Phi) is 8.66. The normalized spacial score (nSPS) is 17.6. The Hall–Kier alpha value is -4.13. The zero-order chi connectivity index (χ0) is 29.9. The summed E-state index contributed by atoms with van der Waals surface area (Å²) in [6.45, 7) is -0.132. The average molecular weight is 610 g/mol. The van der Waals surface area contributed by atoms with Crippen molar-refractivity contribution in [1.29, 1.82) is 0 Å². The number of hydrogen-bond acceptors (Lipinski definition) is 10. The molecule has 2 aromatic carbocycles. The zero-order valence-corrected chi connectivity index (χ0v) is 24.5. The average Bonchev–Trinajstić information content (AvgIpc) is 3.01. The fraction of sp³-hybridized carbons (Fsp3) is 0.276. The van der Waals surface area contributed by atoms with Crippen molar-refractivity contribution in [3.8, 4) is 11.1 Å². The first-order valence-electron chi connectivity index (χ1n) is 13.0. The van der Waals surface area contributed by atoms with Gasteiger partial charge in [-0.25, -0.2) is 18.4 Å². The maximum absolute atomic E-state index is 14.0. The number of esters is 2. The number of ether oxygens (including phenoxy) is 2. The molecule has 1 aliphatic heterocycles. The third-order valence-corrected chi connectivity index (χ3v) is 9.23. The van der Waals surface area contributed by atoms with Gasteiger partial charge in [0.2, 0.25) is 16.0 Å². The molecule has 5 rings (SSSR count). The van der Waals surface area contributed by atoms with Crippen LogP contribution in [0.1, 0.15) is 12.8 Å². The van der Waals surface area contributed by atoms with E-state index in [2.05, 4.69) is 15.0 Å². The highest BCUT2D eigenvalue weighted by molar-refractivity contribution is 7.89. The standard InChI is InChI=1S/C29H28ClN5O6S/c1-40-27(36)13-24-17-34(42(38,39)26-6-4-20-11-23(30)5-3-21(20)12-26)18-25(14-28(37)41-2)35(24)29-32-15-22(16-33-29)19-7-9-31-10-8-19/h3-12,15-16,24-25H,13-14,17-18H2,1-2H3. The molecule has 3 heterocycles. The molecular weight excluding hydrogens is 582 g/mol. The summed E-state index contributed by atoms with van der Waals surface area (Å²) in [6.07, 6.45) is 6.26. The van der Waals surface area contributed by atoms with Crippen molar-refractivity contribution < 1.29 is 27.5 Å². The summed E-state index contributed by atoms with van der Waals surface area (Å²) in [6, 6.07) is 12.2. The van der Waals surface area contributed by atoms with Crippen LogP contribution in [-0.4, -0.2) is 79.0 Å². The molecule has 1 saturated heterocycles. The van der Waals surface area contributed by atoms with Gasteiger partial charge in [0.05, 0.1) is 44.0 Å². The Bertz CT molecular complexity index is 1680. The van der Waals surface area contributed by atoms with Crippen LogP contribution < -0.4 is 4.90 Å². The van der Waals surface area contributed by atoms with Gasteiger partial charge in [-0.2, -0.15) is 4.31 Å². The van der Waals surface area contributed by atoms with Gasteiger partial charge in [-0.3, -0.25) is 14.6 Å². The Morgan fingerprint density at radius 1 is 0.857 bits per heavy atom. The van der Waals surface area contributed by atoms with Gasteiger partial charge in [0.25, 0.3) is 0 Å². The van der Waals surface area contributed by atoms with Gasteiger partial charge >= 0.3 is 11.9 Å². The predicted octanol–water partition coefficient (Wildman–Crippen LogP) is 3.72. The van der Waals surface area contributed by atoms with Crippen molar-refractivity contribution in [1.82, 2.24) is 19.3 Å². The van der Waals surface area contributed by atoms with Crippen LogP contribution in [-0.2, 0) is 29.1 Å². The Balaban J connectivity index is 1.52. The van der Waals surface area contributed by atoms with Crippen LogP contribution in [0.5, 0.6) is 0 Å². The number of aromatic nitrogens is 3. The number of piperazine rings is 1. The van der Waals surface area contributed by atoms with Crippen LogP contribution in [0.25, 0.3) is 21.9 Å². The number of nitrogens with zero attached hydrogens (tertiary/aromatic N) is 5. The van der Waals surface area contributed by atoms with E-state index < -0.39 is 34.0 Å². The van der Waals surface area contributed by atoms with Gasteiger partial charge in [-0.05, 0) is 52.7 Å². The molecule has 0 amide bonds. The van der Waals surface area contributed by atoms with Crippen molar-refractivity contribution in [2.24, 2.45) is 0 Å². The highest BCUT2D eigenvalue weighted by Gasteiger charge is 2.43. The number of carbonyl (C=O) groups is 2. The van der Waals surface area contributed by atoms with E-state index >= 15 is 0 Å². The highest BCUT2D eigenvalue weighted by Crippen LogP contribution is 2.31. The van der Waals surface area contributed by atoms with Gasteiger partial charge in [0, 0.05) is 48.5 Å². The van der Waals surface area contributed by atoms with E-state index in [0.29, 0.717) is 10.4 Å². The lowest BCUT2D eigenvalue weighted by Crippen LogP contribution is -2.61. The molecule has 2 aromatic heterocycles. The number of rotatable bonds is 8. The lowest BCUT2D eigenvalue weighted by Gasteiger charge is -2.45. The minimum Gasteiger partial charge on any atom is -0.469 e. The first-order valence-corrected chi connectivity index (χ1v) is 14.9. The van der Waals surface area contributed by atoms with Crippen LogP contribution in [0.2, 0.25) is 5.02 Å². The maximum Gasteiger partial charge on any atom is 0.307 e. The topological polar surface area (TPSA) is 132 Å². The molecule has 4 aromatic rings. The van der Waals surface area contributed by atoms with E-state index in [1.807, 2.05) is 12.1 Å². The zero-order valence-electron chi connectivity index (χ0n) is 22.9. The summed E-state index contributed by atoms with van der Waals surface area (Å²) in [5.41, 5.74) is 1.61. The van der Waals surface area contributed by atoms with E-state index in [9.17, 15) is 18.0 Å². The second kappa shape index (κ2) is 12.4. The van der Waals surface area contributed by atoms with E-state index in [1.54, 1.807) is 60.0 Å². The third-order valence-electron chi connectivity index (χ3n) is 7.17. The molecule has 0 spiro atoms. The predicted molar refractivity (Wildman–Crippen MR) is 156 cm³/mol. The molecule has 2 unspecified atom stereocenters. The third kappa shape index (κ3) is 6.20. The van der Waals surface area contributed by atoms with E-state index in [-0.39, 0.29) is 36.8 Å². The molecule has 13 heteroatoms. The van der Waals surface area contributed by atoms with Crippen molar-refractivity contribution >= 4 is 50.3 Å². The maximum atomic E-state index is 14.0. The summed E-state index contributed by atoms with van der Waals surface area (Å²) in [7, 11) is -1.52. The Morgan fingerprint density at radius 3 is 2.02 bits per heavy atom. The summed E-state index contributed by atoms with van der Waals surface area (Å²) < 4.78 is 39.1. The largest absolute Gasteiger partial charge is 0.469 e. The number of halogens is 1. The van der Waals surface area contributed by atoms with E-state index in [1.165, 1.54) is 24.6 Å². The van der Waals surface area contributed by atoms with Crippen LogP contribution in [0.3, 0.4) is 0 Å². The number of benzene rings is 2. The van der Waals surface area contributed by atoms with Crippen LogP contribution in [0.4, 0.5) is 5.95 Å². The highest BCUT2D eigenvalue weighted by atomic mass is 35.5. The van der Waals surface area contributed by atoms with Gasteiger partial charge in [0.1, 0.15) is 0 Å². The lowest BCUT2D eigenvalue weighted by atomic mass is 10.0. The van der Waals surface area contributed by atoms with Crippen LogP contribution in [0, 0.1) is 0 Å². The first kappa shape index (κ1) is 29.4. The summed E-state index contributed by atoms with van der Waals surface area (Å²) >= 11 is 6.09. The summed E-state index contributed by atoms with van der Waals surface area (Å²) in [5.74, 6) is -0.843. The number of carbonyl (C=O) groups excluding carboxylic acids is 2. The molecule has 0 aliphatic carbocycles. The van der Waals surface area contributed by atoms with Crippen molar-refractivity contribution in [2.75, 3.05) is 32.2 Å². The smallest absolute Gasteiger partial charge is 0.307 e. The minimum absolute atomic E-state index is 0.0662. The van der Waals surface area contributed by atoms with Crippen LogP contribution >= 0.6 is 11.6 Å². The lowest BCUT2D eigenvalue weighted by molar-refractivity contribution is -0.141. The van der Waals surface area contributed by atoms with Crippen molar-refractivity contribution in [3.63, 3.8) is 0 Å². The van der Waals surface area contributed by atoms with Gasteiger partial charge in [-0.15, -0.1) is 0 Å². The van der Waals surface area contributed by atoms with Gasteiger partial charge in [0.15, 0.2) is 0 Å². The molecule has 42 heavy (non-hydrogen) atoms. The molecule has 0 saturated carbocycles. The summed E-state index contributed by atoms with van der Waals surface area (Å²) in [5, 5.41) is 2.05. The molecule has 0 N–H and O–H groups in total. The Labute approximate surface area is 248 Å². The van der Waals surface area contributed by atoms with Gasteiger partial charge < -0.3 is 14.4 Å². The van der Waals surface area contributed by atoms with E-state index in [0.717, 1.165) is 16.5 Å². The SMILES string of the molecule is COC(=O)CC1CN(S(=O)(=O)c2ccc3cc(Cl)ccc3c2)CC(CC(=O)OC)N1c1ncc(-c2ccncc2)cn1. The number of fused-ring (bicyclic) bond motifs is 1. The fourth-order valence-corrected chi connectivity index (χ4v) is 6.80. The molecule has 1 aliphatic rings. The number of sulfonamides is 1. The molecule has 1 fully saturated rings. The Morgan fingerprint density at radius 2 is 1.43 bits per heavy atom. The molecule has 11 nitrogen and oxygen atoms in total. The monoisotopic (exact) mass is 609 g/mol. The number of pyridine rings is 1. The number of hydrogen-bond donors (Lipinski definition) is 0. The first-order chi connectivity index (χ1) is 20.2. The minimum atomic E-state index is -4.04. The number of anilines is 1. The van der Waals surface area contributed by atoms with Gasteiger partial charge in [-0.1, -0.05) is 23.7 Å². The molecule has 0 bridgehead atoms. The molecule has 2 atom stereocenters. The fourth-order valence-electron chi connectivity index (χ4n) is 5.07. The summed E-state index contributed by atoms with van der Waals surface area (Å²) in [4.78, 5) is 39.9.